The average molecular weight is 239 g/mol. The Morgan fingerprint density at radius 3 is 2.25 bits per heavy atom. The van der Waals surface area contributed by atoms with E-state index in [1.54, 1.807) is 6.08 Å². The minimum absolute atomic E-state index is 0.00965. The van der Waals surface area contributed by atoms with E-state index in [0.717, 1.165) is 0 Å². The van der Waals surface area contributed by atoms with Crippen LogP contribution in [0, 0.1) is 5.41 Å². The number of ether oxygens (including phenoxy) is 1. The van der Waals surface area contributed by atoms with E-state index >= 15 is 0 Å². The summed E-state index contributed by atoms with van der Waals surface area (Å²) in [6.07, 6.45) is -2.65. The molecule has 0 aromatic rings. The van der Waals surface area contributed by atoms with Gasteiger partial charge in [-0.1, -0.05) is 26.8 Å². The van der Waals surface area contributed by atoms with Crippen LogP contribution in [0.1, 0.15) is 20.8 Å². The molecule has 5 heteroatoms. The molecule has 0 radical (unpaired) electrons. The minimum atomic E-state index is -4.27. The van der Waals surface area contributed by atoms with Crippen molar-refractivity contribution in [2.24, 2.45) is 5.41 Å². The van der Waals surface area contributed by atoms with E-state index in [2.05, 4.69) is 16.6 Å². The first-order valence-corrected chi connectivity index (χ1v) is 5.20. The number of halogens is 3. The lowest BCUT2D eigenvalue weighted by Gasteiger charge is -2.27. The Balaban J connectivity index is 4.02. The number of alkyl halides is 3. The fraction of sp³-hybridized carbons (Fsp3) is 0.818. The highest BCUT2D eigenvalue weighted by molar-refractivity contribution is 4.93. The molecule has 0 aromatic carbocycles. The maximum atomic E-state index is 11.9. The van der Waals surface area contributed by atoms with Crippen LogP contribution < -0.4 is 5.32 Å². The topological polar surface area (TPSA) is 21.3 Å². The van der Waals surface area contributed by atoms with Gasteiger partial charge in [-0.15, -0.1) is 6.58 Å². The molecule has 0 bridgehead atoms. The van der Waals surface area contributed by atoms with E-state index in [0.29, 0.717) is 6.54 Å². The van der Waals surface area contributed by atoms with E-state index in [-0.39, 0.29) is 12.6 Å². The van der Waals surface area contributed by atoms with Gasteiger partial charge < -0.3 is 10.1 Å². The highest BCUT2D eigenvalue weighted by Crippen LogP contribution is 2.20. The van der Waals surface area contributed by atoms with Crippen molar-refractivity contribution >= 4 is 0 Å². The lowest BCUT2D eigenvalue weighted by Crippen LogP contribution is -2.38. The third-order valence-corrected chi connectivity index (χ3v) is 2.10. The molecule has 0 aliphatic heterocycles. The van der Waals surface area contributed by atoms with Crippen LogP contribution in [0.3, 0.4) is 0 Å². The summed E-state index contributed by atoms with van der Waals surface area (Å²) in [5.74, 6) is 0. The smallest absolute Gasteiger partial charge is 0.371 e. The SMILES string of the molecule is C=CC(C)(CNC(C)C)COCC(F)(F)F. The highest BCUT2D eigenvalue weighted by Gasteiger charge is 2.29. The molecule has 0 fully saturated rings. The van der Waals surface area contributed by atoms with Crippen LogP contribution in [0.15, 0.2) is 12.7 Å². The monoisotopic (exact) mass is 239 g/mol. The van der Waals surface area contributed by atoms with Crippen LogP contribution in [0.5, 0.6) is 0 Å². The minimum Gasteiger partial charge on any atom is -0.371 e. The van der Waals surface area contributed by atoms with Gasteiger partial charge in [0.25, 0.3) is 0 Å². The van der Waals surface area contributed by atoms with Crippen LogP contribution >= 0.6 is 0 Å². The van der Waals surface area contributed by atoms with Gasteiger partial charge in [0.1, 0.15) is 6.61 Å². The summed E-state index contributed by atoms with van der Waals surface area (Å²) >= 11 is 0. The lowest BCUT2D eigenvalue weighted by atomic mass is 9.92. The molecule has 0 saturated heterocycles. The van der Waals surface area contributed by atoms with E-state index in [1.165, 1.54) is 0 Å². The summed E-state index contributed by atoms with van der Waals surface area (Å²) < 4.78 is 40.3. The molecule has 1 unspecified atom stereocenters. The van der Waals surface area contributed by atoms with Crippen molar-refractivity contribution in [3.8, 4) is 0 Å². The second kappa shape index (κ2) is 6.25. The maximum Gasteiger partial charge on any atom is 0.411 e. The van der Waals surface area contributed by atoms with Gasteiger partial charge in [0.2, 0.25) is 0 Å². The third kappa shape index (κ3) is 7.70. The molecule has 2 nitrogen and oxygen atoms in total. The third-order valence-electron chi connectivity index (χ3n) is 2.10. The first-order chi connectivity index (χ1) is 7.18. The molecule has 0 aliphatic rings. The maximum absolute atomic E-state index is 11.9. The molecule has 0 saturated carbocycles. The van der Waals surface area contributed by atoms with Gasteiger partial charge in [-0.3, -0.25) is 0 Å². The number of hydrogen-bond donors (Lipinski definition) is 1. The second-order valence-corrected chi connectivity index (χ2v) is 4.50. The molecule has 16 heavy (non-hydrogen) atoms. The van der Waals surface area contributed by atoms with Crippen LogP contribution in [0.4, 0.5) is 13.2 Å². The van der Waals surface area contributed by atoms with Gasteiger partial charge in [-0.25, -0.2) is 0 Å². The first-order valence-electron chi connectivity index (χ1n) is 5.20. The van der Waals surface area contributed by atoms with Crippen molar-refractivity contribution in [1.29, 1.82) is 0 Å². The molecular formula is C11H20F3NO. The predicted octanol–water partition coefficient (Wildman–Crippen LogP) is 2.76. The Kier molecular flexibility index (Phi) is 6.04. The highest BCUT2D eigenvalue weighted by atomic mass is 19.4. The summed E-state index contributed by atoms with van der Waals surface area (Å²) in [5, 5.41) is 3.15. The van der Waals surface area contributed by atoms with Gasteiger partial charge in [0.05, 0.1) is 6.61 Å². The number of hydrogen-bond acceptors (Lipinski definition) is 2. The standard InChI is InChI=1S/C11H20F3NO/c1-5-10(4,6-15-9(2)3)7-16-8-11(12,13)14/h5,9,15H,1,6-8H2,2-4H3. The van der Waals surface area contributed by atoms with Gasteiger partial charge in [0, 0.05) is 18.0 Å². The van der Waals surface area contributed by atoms with Crippen LogP contribution in [-0.4, -0.2) is 32.0 Å². The summed E-state index contributed by atoms with van der Waals surface area (Å²) in [4.78, 5) is 0. The Morgan fingerprint density at radius 1 is 1.31 bits per heavy atom. The Labute approximate surface area is 94.9 Å². The molecule has 0 aliphatic carbocycles. The van der Waals surface area contributed by atoms with Crippen molar-refractivity contribution in [2.45, 2.75) is 33.0 Å². The first kappa shape index (κ1) is 15.4. The van der Waals surface area contributed by atoms with E-state index in [4.69, 9.17) is 0 Å². The van der Waals surface area contributed by atoms with Crippen LogP contribution in [0.25, 0.3) is 0 Å². The van der Waals surface area contributed by atoms with E-state index < -0.39 is 18.2 Å². The number of rotatable bonds is 7. The van der Waals surface area contributed by atoms with E-state index in [1.807, 2.05) is 20.8 Å². The molecule has 96 valence electrons. The molecule has 0 heterocycles. The largest absolute Gasteiger partial charge is 0.411 e. The Hall–Kier alpha value is -0.550. The normalized spacial score (nSPS) is 16.2. The summed E-state index contributed by atoms with van der Waals surface area (Å²) in [6, 6.07) is 0.280. The molecule has 0 rings (SSSR count). The van der Waals surface area contributed by atoms with Gasteiger partial charge in [-0.05, 0) is 0 Å². The van der Waals surface area contributed by atoms with Gasteiger partial charge in [-0.2, -0.15) is 13.2 Å². The Morgan fingerprint density at radius 2 is 1.88 bits per heavy atom. The van der Waals surface area contributed by atoms with Crippen molar-refractivity contribution < 1.29 is 17.9 Å². The molecule has 0 spiro atoms. The second-order valence-electron chi connectivity index (χ2n) is 4.50. The van der Waals surface area contributed by atoms with Crippen LogP contribution in [0.2, 0.25) is 0 Å². The zero-order chi connectivity index (χ0) is 12.8. The summed E-state index contributed by atoms with van der Waals surface area (Å²) in [5.41, 5.74) is -0.477. The zero-order valence-corrected chi connectivity index (χ0v) is 10.0. The van der Waals surface area contributed by atoms with Crippen molar-refractivity contribution in [1.82, 2.24) is 5.32 Å². The van der Waals surface area contributed by atoms with Crippen molar-refractivity contribution in [3.05, 3.63) is 12.7 Å². The van der Waals surface area contributed by atoms with E-state index in [9.17, 15) is 13.2 Å². The van der Waals surface area contributed by atoms with Crippen LogP contribution in [-0.2, 0) is 4.74 Å². The fourth-order valence-corrected chi connectivity index (χ4v) is 1.02. The quantitative estimate of drug-likeness (QED) is 0.690. The number of nitrogens with one attached hydrogen (secondary N) is 1. The van der Waals surface area contributed by atoms with Crippen molar-refractivity contribution in [3.63, 3.8) is 0 Å². The zero-order valence-electron chi connectivity index (χ0n) is 10.0. The molecular weight excluding hydrogens is 219 g/mol. The molecule has 1 atom stereocenters. The lowest BCUT2D eigenvalue weighted by molar-refractivity contribution is -0.178. The molecule has 0 amide bonds. The fourth-order valence-electron chi connectivity index (χ4n) is 1.02. The Bertz CT molecular complexity index is 216. The average Bonchev–Trinajstić information content (AvgIpc) is 2.13. The molecule has 1 N–H and O–H groups in total. The predicted molar refractivity (Wildman–Crippen MR) is 58.3 cm³/mol. The molecule has 0 aromatic heterocycles. The van der Waals surface area contributed by atoms with Gasteiger partial charge in [0.15, 0.2) is 0 Å². The van der Waals surface area contributed by atoms with Gasteiger partial charge >= 0.3 is 6.18 Å². The van der Waals surface area contributed by atoms with Crippen molar-refractivity contribution in [2.75, 3.05) is 19.8 Å². The summed E-state index contributed by atoms with van der Waals surface area (Å²) in [6.45, 7) is 8.73. The summed E-state index contributed by atoms with van der Waals surface area (Å²) in [7, 11) is 0.